The van der Waals surface area contributed by atoms with Gasteiger partial charge in [-0.05, 0) is 43.4 Å². The Balaban J connectivity index is 1.52. The molecule has 12 heteroatoms. The standard InChI is InChI=1S/C24H24F3N5O3S/c1-30-10-12-31(13-11-30)24-28-21-8-9-32(36(33,34)18-5-2-16(25)3-6-18)15-19(21)23(29-24)35-22-7-4-17(26)14-20(22)27/h2-7,14H,8-13,15H2,1H3. The van der Waals surface area contributed by atoms with Crippen LogP contribution in [0.15, 0.2) is 47.4 Å². The fourth-order valence-electron chi connectivity index (χ4n) is 4.20. The number of halogens is 3. The highest BCUT2D eigenvalue weighted by Crippen LogP contribution is 2.34. The largest absolute Gasteiger partial charge is 0.435 e. The number of fused-ring (bicyclic) bond motifs is 1. The lowest BCUT2D eigenvalue weighted by molar-refractivity contribution is 0.309. The number of hydrogen-bond donors (Lipinski definition) is 0. The minimum atomic E-state index is -3.95. The van der Waals surface area contributed by atoms with Gasteiger partial charge < -0.3 is 14.5 Å². The summed E-state index contributed by atoms with van der Waals surface area (Å²) in [5.41, 5.74) is 0.996. The lowest BCUT2D eigenvalue weighted by atomic mass is 10.1. The molecule has 0 atom stereocenters. The van der Waals surface area contributed by atoms with Crippen LogP contribution in [-0.2, 0) is 23.0 Å². The van der Waals surface area contributed by atoms with Crippen molar-refractivity contribution in [2.24, 2.45) is 0 Å². The van der Waals surface area contributed by atoms with Crippen molar-refractivity contribution in [2.75, 3.05) is 44.7 Å². The number of nitrogens with zero attached hydrogens (tertiary/aromatic N) is 5. The number of anilines is 1. The Morgan fingerprint density at radius 3 is 2.28 bits per heavy atom. The van der Waals surface area contributed by atoms with Gasteiger partial charge in [-0.2, -0.15) is 9.29 Å². The molecule has 3 heterocycles. The van der Waals surface area contributed by atoms with Gasteiger partial charge in [0.25, 0.3) is 0 Å². The first kappa shape index (κ1) is 24.5. The molecule has 190 valence electrons. The Kier molecular flexibility index (Phi) is 6.58. The number of hydrogen-bond acceptors (Lipinski definition) is 7. The molecule has 36 heavy (non-hydrogen) atoms. The van der Waals surface area contributed by atoms with Crippen LogP contribution < -0.4 is 9.64 Å². The summed E-state index contributed by atoms with van der Waals surface area (Å²) < 4.78 is 74.7. The summed E-state index contributed by atoms with van der Waals surface area (Å²) in [6.07, 6.45) is 0.279. The van der Waals surface area contributed by atoms with E-state index in [1.54, 1.807) is 0 Å². The molecule has 1 saturated heterocycles. The highest BCUT2D eigenvalue weighted by Gasteiger charge is 2.33. The monoisotopic (exact) mass is 519 g/mol. The number of piperazine rings is 1. The van der Waals surface area contributed by atoms with Crippen molar-refractivity contribution in [1.82, 2.24) is 19.2 Å². The van der Waals surface area contributed by atoms with Gasteiger partial charge in [0.05, 0.1) is 16.2 Å². The van der Waals surface area contributed by atoms with E-state index in [-0.39, 0.29) is 36.0 Å². The SMILES string of the molecule is CN1CCN(c2nc3c(c(Oc4ccc(F)cc4F)n2)CN(S(=O)(=O)c2ccc(F)cc2)CC3)CC1. The maximum absolute atomic E-state index is 14.4. The number of benzene rings is 2. The number of likely N-dealkylation sites (N-methyl/N-ethyl adjacent to an activating group) is 1. The highest BCUT2D eigenvalue weighted by molar-refractivity contribution is 7.89. The van der Waals surface area contributed by atoms with Crippen molar-refractivity contribution in [3.63, 3.8) is 0 Å². The third kappa shape index (κ3) is 4.88. The number of aromatic nitrogens is 2. The molecule has 0 aliphatic carbocycles. The predicted octanol–water partition coefficient (Wildman–Crippen LogP) is 3.19. The van der Waals surface area contributed by atoms with E-state index in [0.29, 0.717) is 36.4 Å². The zero-order valence-electron chi connectivity index (χ0n) is 19.5. The Bertz CT molecular complexity index is 1380. The van der Waals surface area contributed by atoms with Crippen LogP contribution in [-0.4, -0.2) is 67.4 Å². The molecule has 0 N–H and O–H groups in total. The summed E-state index contributed by atoms with van der Waals surface area (Å²) >= 11 is 0. The van der Waals surface area contributed by atoms with E-state index in [4.69, 9.17) is 9.72 Å². The molecule has 0 bridgehead atoms. The lowest BCUT2D eigenvalue weighted by Gasteiger charge is -2.34. The number of sulfonamides is 1. The summed E-state index contributed by atoms with van der Waals surface area (Å²) in [4.78, 5) is 13.4. The second kappa shape index (κ2) is 9.68. The van der Waals surface area contributed by atoms with Crippen molar-refractivity contribution in [1.29, 1.82) is 0 Å². The van der Waals surface area contributed by atoms with E-state index in [2.05, 4.69) is 9.88 Å². The number of ether oxygens (including phenoxy) is 1. The van der Waals surface area contributed by atoms with Gasteiger partial charge in [0.15, 0.2) is 11.6 Å². The normalized spacial score (nSPS) is 17.2. The molecule has 0 unspecified atom stereocenters. The van der Waals surface area contributed by atoms with Crippen molar-refractivity contribution >= 4 is 16.0 Å². The smallest absolute Gasteiger partial charge is 0.243 e. The minimum absolute atomic E-state index is 0.0124. The quantitative estimate of drug-likeness (QED) is 0.512. The van der Waals surface area contributed by atoms with Gasteiger partial charge in [-0.1, -0.05) is 0 Å². The fourth-order valence-corrected chi connectivity index (χ4v) is 5.61. The zero-order chi connectivity index (χ0) is 25.4. The Morgan fingerprint density at radius 2 is 1.58 bits per heavy atom. The maximum Gasteiger partial charge on any atom is 0.243 e. The average molecular weight is 520 g/mol. The Morgan fingerprint density at radius 1 is 0.889 bits per heavy atom. The molecule has 5 rings (SSSR count). The highest BCUT2D eigenvalue weighted by atomic mass is 32.2. The van der Waals surface area contributed by atoms with Crippen LogP contribution in [0.2, 0.25) is 0 Å². The minimum Gasteiger partial charge on any atom is -0.435 e. The fraction of sp³-hybridized carbons (Fsp3) is 0.333. The van der Waals surface area contributed by atoms with Crippen LogP contribution in [0.25, 0.3) is 0 Å². The third-order valence-electron chi connectivity index (χ3n) is 6.31. The molecular weight excluding hydrogens is 495 g/mol. The van der Waals surface area contributed by atoms with E-state index in [1.807, 2.05) is 11.9 Å². The summed E-state index contributed by atoms with van der Waals surface area (Å²) in [6, 6.07) is 7.51. The van der Waals surface area contributed by atoms with Crippen LogP contribution >= 0.6 is 0 Å². The van der Waals surface area contributed by atoms with Gasteiger partial charge >= 0.3 is 0 Å². The molecule has 0 radical (unpaired) electrons. The summed E-state index contributed by atoms with van der Waals surface area (Å²) in [7, 11) is -1.92. The summed E-state index contributed by atoms with van der Waals surface area (Å²) in [6.45, 7) is 3.03. The molecule has 3 aromatic rings. The Labute approximate surface area is 207 Å². The van der Waals surface area contributed by atoms with Gasteiger partial charge in [-0.25, -0.2) is 26.6 Å². The van der Waals surface area contributed by atoms with Crippen molar-refractivity contribution in [3.8, 4) is 11.6 Å². The molecule has 0 spiro atoms. The van der Waals surface area contributed by atoms with Gasteiger partial charge in [-0.3, -0.25) is 0 Å². The van der Waals surface area contributed by atoms with Gasteiger partial charge in [-0.15, -0.1) is 0 Å². The third-order valence-corrected chi connectivity index (χ3v) is 8.17. The second-order valence-corrected chi connectivity index (χ2v) is 10.7. The topological polar surface area (TPSA) is 78.9 Å². The van der Waals surface area contributed by atoms with E-state index >= 15 is 0 Å². The average Bonchev–Trinajstić information content (AvgIpc) is 2.86. The van der Waals surface area contributed by atoms with E-state index < -0.39 is 27.5 Å². The molecular formula is C24H24F3N5O3S. The first-order chi connectivity index (χ1) is 17.2. The predicted molar refractivity (Wildman–Crippen MR) is 126 cm³/mol. The van der Waals surface area contributed by atoms with Crippen LogP contribution in [0, 0.1) is 17.5 Å². The molecule has 2 aromatic carbocycles. The first-order valence-electron chi connectivity index (χ1n) is 11.4. The molecule has 8 nitrogen and oxygen atoms in total. The summed E-state index contributed by atoms with van der Waals surface area (Å²) in [5, 5.41) is 0. The zero-order valence-corrected chi connectivity index (χ0v) is 20.3. The van der Waals surface area contributed by atoms with E-state index in [9.17, 15) is 21.6 Å². The van der Waals surface area contributed by atoms with Gasteiger partial charge in [0.1, 0.15) is 11.6 Å². The summed E-state index contributed by atoms with van der Waals surface area (Å²) in [5.74, 6) is -2.01. The molecule has 2 aliphatic rings. The molecule has 1 aromatic heterocycles. The maximum atomic E-state index is 14.4. The number of rotatable bonds is 5. The second-order valence-electron chi connectivity index (χ2n) is 8.76. The first-order valence-corrected chi connectivity index (χ1v) is 12.9. The molecule has 0 amide bonds. The Hall–Kier alpha value is -3.22. The van der Waals surface area contributed by atoms with E-state index in [1.165, 1.54) is 16.4 Å². The van der Waals surface area contributed by atoms with Crippen LogP contribution in [0.3, 0.4) is 0 Å². The lowest BCUT2D eigenvalue weighted by Crippen LogP contribution is -2.45. The van der Waals surface area contributed by atoms with Gasteiger partial charge in [0.2, 0.25) is 21.9 Å². The molecule has 2 aliphatic heterocycles. The van der Waals surface area contributed by atoms with Crippen molar-refractivity contribution in [3.05, 3.63) is 71.2 Å². The van der Waals surface area contributed by atoms with E-state index in [0.717, 1.165) is 37.4 Å². The van der Waals surface area contributed by atoms with Crippen molar-refractivity contribution < 1.29 is 26.3 Å². The van der Waals surface area contributed by atoms with Crippen molar-refractivity contribution in [2.45, 2.75) is 17.9 Å². The molecule has 1 fully saturated rings. The van der Waals surface area contributed by atoms with Crippen LogP contribution in [0.4, 0.5) is 19.1 Å². The van der Waals surface area contributed by atoms with Gasteiger partial charge in [0, 0.05) is 51.8 Å². The van der Waals surface area contributed by atoms with Crippen LogP contribution in [0.1, 0.15) is 11.3 Å². The van der Waals surface area contributed by atoms with Crippen LogP contribution in [0.5, 0.6) is 11.6 Å². The molecule has 0 saturated carbocycles.